The fraction of sp³-hybridized carbons (Fsp3) is 0.250. The van der Waals surface area contributed by atoms with Gasteiger partial charge in [0.25, 0.3) is 15.9 Å². The van der Waals surface area contributed by atoms with E-state index >= 15 is 0 Å². The Morgan fingerprint density at radius 3 is 2.42 bits per heavy atom. The van der Waals surface area contributed by atoms with Gasteiger partial charge in [-0.2, -0.15) is 0 Å². The van der Waals surface area contributed by atoms with E-state index in [1.165, 1.54) is 6.07 Å². The Labute approximate surface area is 154 Å². The zero-order chi connectivity index (χ0) is 19.2. The van der Waals surface area contributed by atoms with Crippen molar-refractivity contribution in [3.63, 3.8) is 0 Å². The molecule has 2 aromatic rings. The second-order valence-corrected chi connectivity index (χ2v) is 8.45. The molecular weight excluding hydrogens is 348 g/mol. The molecule has 136 valence electrons. The second kappa shape index (κ2) is 6.29. The van der Waals surface area contributed by atoms with Gasteiger partial charge in [0.1, 0.15) is 0 Å². The first-order chi connectivity index (χ1) is 12.1. The number of hydrogen-bond acceptors (Lipinski definition) is 3. The van der Waals surface area contributed by atoms with Crippen LogP contribution in [0.5, 0.6) is 0 Å². The Morgan fingerprint density at radius 1 is 1.08 bits per heavy atom. The topological polar surface area (TPSA) is 66.5 Å². The van der Waals surface area contributed by atoms with Crippen LogP contribution in [0, 0.1) is 13.8 Å². The molecule has 0 saturated carbocycles. The predicted molar refractivity (Wildman–Crippen MR) is 105 cm³/mol. The van der Waals surface area contributed by atoms with Crippen molar-refractivity contribution in [2.75, 3.05) is 16.7 Å². The molecule has 6 heteroatoms. The first-order valence-corrected chi connectivity index (χ1v) is 9.81. The van der Waals surface area contributed by atoms with Crippen molar-refractivity contribution in [3.8, 4) is 0 Å². The van der Waals surface area contributed by atoms with E-state index in [1.807, 2.05) is 39.8 Å². The summed E-state index contributed by atoms with van der Waals surface area (Å²) in [7, 11) is -2.07. The summed E-state index contributed by atoms with van der Waals surface area (Å²) in [6.07, 6.45) is 0. The van der Waals surface area contributed by atoms with Gasteiger partial charge in [-0.15, -0.1) is 0 Å². The fourth-order valence-electron chi connectivity index (χ4n) is 3.12. The Hall–Kier alpha value is -2.60. The molecule has 0 unspecified atom stereocenters. The number of carbonyl (C=O) groups is 1. The van der Waals surface area contributed by atoms with E-state index in [9.17, 15) is 13.2 Å². The smallest absolute Gasteiger partial charge is 0.261 e. The van der Waals surface area contributed by atoms with E-state index in [1.54, 1.807) is 30.1 Å². The minimum Gasteiger partial charge on any atom is -0.311 e. The molecule has 1 amide bonds. The molecular formula is C20H22N2O3S. The van der Waals surface area contributed by atoms with Gasteiger partial charge in [0.05, 0.1) is 16.3 Å². The SMILES string of the molecule is CC(C)=C1C(=O)N(C)c2ccc(S(=O)(=O)Nc3cccc(C)c3C)cc21. The van der Waals surface area contributed by atoms with Crippen LogP contribution in [0.3, 0.4) is 0 Å². The number of likely N-dealkylation sites (N-methyl/N-ethyl adjacent to an activating group) is 1. The molecule has 0 radical (unpaired) electrons. The van der Waals surface area contributed by atoms with Gasteiger partial charge in [0.15, 0.2) is 0 Å². The first-order valence-electron chi connectivity index (χ1n) is 8.32. The molecule has 1 aliphatic rings. The van der Waals surface area contributed by atoms with Crippen LogP contribution in [-0.2, 0) is 14.8 Å². The van der Waals surface area contributed by atoms with Crippen LogP contribution < -0.4 is 9.62 Å². The standard InChI is InChI=1S/C20H22N2O3S/c1-12(2)19-16-11-15(9-10-18(16)22(5)20(19)23)26(24,25)21-17-8-6-7-13(3)14(17)4/h6-11,21H,1-5H3. The second-order valence-electron chi connectivity index (χ2n) is 6.77. The maximum Gasteiger partial charge on any atom is 0.261 e. The summed E-state index contributed by atoms with van der Waals surface area (Å²) in [5.41, 5.74) is 5.25. The summed E-state index contributed by atoms with van der Waals surface area (Å²) in [6, 6.07) is 10.3. The van der Waals surface area contributed by atoms with E-state index < -0.39 is 10.0 Å². The Kier molecular flexibility index (Phi) is 4.40. The van der Waals surface area contributed by atoms with Gasteiger partial charge in [-0.25, -0.2) is 8.42 Å². The summed E-state index contributed by atoms with van der Waals surface area (Å²) >= 11 is 0. The van der Waals surface area contributed by atoms with Gasteiger partial charge < -0.3 is 4.90 Å². The molecule has 1 heterocycles. The number of nitrogens with zero attached hydrogens (tertiary/aromatic N) is 1. The lowest BCUT2D eigenvalue weighted by atomic mass is 10.0. The Bertz CT molecular complexity index is 1050. The number of carbonyl (C=O) groups excluding carboxylic acids is 1. The number of allylic oxidation sites excluding steroid dienone is 1. The molecule has 0 aromatic heterocycles. The highest BCUT2D eigenvalue weighted by Crippen LogP contribution is 2.39. The lowest BCUT2D eigenvalue weighted by molar-refractivity contribution is -0.112. The van der Waals surface area contributed by atoms with Crippen molar-refractivity contribution >= 4 is 32.9 Å². The number of benzene rings is 2. The van der Waals surface area contributed by atoms with E-state index in [0.29, 0.717) is 16.8 Å². The maximum absolute atomic E-state index is 12.9. The van der Waals surface area contributed by atoms with E-state index in [0.717, 1.165) is 22.4 Å². The van der Waals surface area contributed by atoms with Crippen molar-refractivity contribution in [2.45, 2.75) is 32.6 Å². The van der Waals surface area contributed by atoms with Gasteiger partial charge in [0, 0.05) is 18.2 Å². The molecule has 2 aromatic carbocycles. The van der Waals surface area contributed by atoms with Gasteiger partial charge in [0.2, 0.25) is 0 Å². The predicted octanol–water partition coefficient (Wildman–Crippen LogP) is 3.87. The van der Waals surface area contributed by atoms with Crippen LogP contribution in [0.25, 0.3) is 5.57 Å². The quantitative estimate of drug-likeness (QED) is 0.834. The molecule has 0 saturated heterocycles. The number of nitrogens with one attached hydrogen (secondary N) is 1. The minimum absolute atomic E-state index is 0.114. The van der Waals surface area contributed by atoms with Crippen LogP contribution in [0.2, 0.25) is 0 Å². The molecule has 0 aliphatic carbocycles. The van der Waals surface area contributed by atoms with Crippen molar-refractivity contribution in [1.82, 2.24) is 0 Å². The van der Waals surface area contributed by atoms with E-state index in [4.69, 9.17) is 0 Å². The molecule has 1 N–H and O–H groups in total. The summed E-state index contributed by atoms with van der Waals surface area (Å²) in [6.45, 7) is 7.52. The molecule has 1 aliphatic heterocycles. The number of sulfonamides is 1. The zero-order valence-electron chi connectivity index (χ0n) is 15.5. The van der Waals surface area contributed by atoms with Crippen molar-refractivity contribution < 1.29 is 13.2 Å². The summed E-state index contributed by atoms with van der Waals surface area (Å²) in [5, 5.41) is 0. The molecule has 0 atom stereocenters. The zero-order valence-corrected chi connectivity index (χ0v) is 16.4. The molecule has 3 rings (SSSR count). The lowest BCUT2D eigenvalue weighted by Gasteiger charge is -2.13. The molecule has 0 fully saturated rings. The van der Waals surface area contributed by atoms with Crippen molar-refractivity contribution in [1.29, 1.82) is 0 Å². The Balaban J connectivity index is 2.07. The summed E-state index contributed by atoms with van der Waals surface area (Å²) in [5.74, 6) is -0.114. The van der Waals surface area contributed by atoms with Crippen LogP contribution in [-0.4, -0.2) is 21.4 Å². The highest BCUT2D eigenvalue weighted by atomic mass is 32.2. The third kappa shape index (κ3) is 2.90. The largest absolute Gasteiger partial charge is 0.311 e. The van der Waals surface area contributed by atoms with Gasteiger partial charge >= 0.3 is 0 Å². The average Bonchev–Trinajstić information content (AvgIpc) is 2.82. The number of fused-ring (bicyclic) bond motifs is 1. The maximum atomic E-state index is 12.9. The molecule has 5 nitrogen and oxygen atoms in total. The third-order valence-corrected chi connectivity index (χ3v) is 6.14. The normalized spacial score (nSPS) is 13.8. The summed E-state index contributed by atoms with van der Waals surface area (Å²) in [4.78, 5) is 14.1. The molecule has 0 bridgehead atoms. The first kappa shape index (κ1) is 18.2. The van der Waals surface area contributed by atoms with E-state index in [-0.39, 0.29) is 10.8 Å². The summed E-state index contributed by atoms with van der Waals surface area (Å²) < 4.78 is 28.4. The van der Waals surface area contributed by atoms with Crippen LogP contribution in [0.4, 0.5) is 11.4 Å². The molecule has 0 spiro atoms. The number of amides is 1. The van der Waals surface area contributed by atoms with Gasteiger partial charge in [-0.1, -0.05) is 17.7 Å². The number of rotatable bonds is 3. The number of aryl methyl sites for hydroxylation is 1. The van der Waals surface area contributed by atoms with Crippen LogP contribution in [0.15, 0.2) is 46.9 Å². The highest BCUT2D eigenvalue weighted by Gasteiger charge is 2.32. The fourth-order valence-corrected chi connectivity index (χ4v) is 4.26. The van der Waals surface area contributed by atoms with Crippen molar-refractivity contribution in [3.05, 3.63) is 58.7 Å². The minimum atomic E-state index is -3.76. The number of anilines is 2. The molecule has 26 heavy (non-hydrogen) atoms. The van der Waals surface area contributed by atoms with E-state index in [2.05, 4.69) is 4.72 Å². The highest BCUT2D eigenvalue weighted by molar-refractivity contribution is 7.92. The van der Waals surface area contributed by atoms with Crippen molar-refractivity contribution in [2.24, 2.45) is 0 Å². The Morgan fingerprint density at radius 2 is 1.77 bits per heavy atom. The van der Waals surface area contributed by atoms with Crippen LogP contribution >= 0.6 is 0 Å². The van der Waals surface area contributed by atoms with Gasteiger partial charge in [-0.3, -0.25) is 9.52 Å². The lowest BCUT2D eigenvalue weighted by Crippen LogP contribution is -2.20. The average molecular weight is 370 g/mol. The number of hydrogen-bond donors (Lipinski definition) is 1. The third-order valence-electron chi connectivity index (χ3n) is 4.78. The van der Waals surface area contributed by atoms with Crippen LogP contribution in [0.1, 0.15) is 30.5 Å². The van der Waals surface area contributed by atoms with Gasteiger partial charge in [-0.05, 0) is 63.1 Å². The monoisotopic (exact) mass is 370 g/mol.